The van der Waals surface area contributed by atoms with Crippen LogP contribution >= 0.6 is 0 Å². The molecule has 0 bridgehead atoms. The topological polar surface area (TPSA) is 32.3 Å². The van der Waals surface area contributed by atoms with Gasteiger partial charge in [0.2, 0.25) is 0 Å². The zero-order chi connectivity index (χ0) is 10.7. The van der Waals surface area contributed by atoms with Crippen LogP contribution in [0.2, 0.25) is 0 Å². The van der Waals surface area contributed by atoms with E-state index < -0.39 is 5.60 Å². The van der Waals surface area contributed by atoms with Crippen LogP contribution < -0.4 is 5.32 Å². The van der Waals surface area contributed by atoms with Crippen LogP contribution in [0, 0.1) is 0 Å². The molecule has 15 heavy (non-hydrogen) atoms. The molecule has 0 aliphatic carbocycles. The Kier molecular flexibility index (Phi) is 3.08. The first-order valence-corrected chi connectivity index (χ1v) is 5.68. The molecule has 0 aromatic heterocycles. The third-order valence-corrected chi connectivity index (χ3v) is 3.22. The minimum absolute atomic E-state index is 0.248. The smallest absolute Gasteiger partial charge is 0.0812 e. The van der Waals surface area contributed by atoms with Crippen molar-refractivity contribution in [1.29, 1.82) is 0 Å². The summed E-state index contributed by atoms with van der Waals surface area (Å²) in [5.74, 6) is 0. The highest BCUT2D eigenvalue weighted by Gasteiger charge is 2.33. The number of rotatable bonds is 3. The van der Waals surface area contributed by atoms with Crippen LogP contribution in [0.15, 0.2) is 30.3 Å². The highest BCUT2D eigenvalue weighted by Crippen LogP contribution is 2.23. The van der Waals surface area contributed by atoms with Crippen LogP contribution in [-0.4, -0.2) is 23.3 Å². The van der Waals surface area contributed by atoms with Crippen molar-refractivity contribution in [2.45, 2.75) is 37.8 Å². The highest BCUT2D eigenvalue weighted by atomic mass is 16.3. The minimum atomic E-state index is -0.627. The summed E-state index contributed by atoms with van der Waals surface area (Å²) in [6.07, 6.45) is 2.99. The predicted molar refractivity (Wildman–Crippen MR) is 61.8 cm³/mol. The molecule has 1 heterocycles. The summed E-state index contributed by atoms with van der Waals surface area (Å²) in [6.45, 7) is 2.97. The molecule has 0 spiro atoms. The van der Waals surface area contributed by atoms with E-state index in [4.69, 9.17) is 0 Å². The number of benzene rings is 1. The van der Waals surface area contributed by atoms with Gasteiger partial charge in [0.15, 0.2) is 0 Å². The Balaban J connectivity index is 2.03. The van der Waals surface area contributed by atoms with Crippen LogP contribution in [0.25, 0.3) is 0 Å². The molecular formula is C13H19NO. The maximum atomic E-state index is 10.4. The predicted octanol–water partition coefficient (Wildman–Crippen LogP) is 1.73. The van der Waals surface area contributed by atoms with Gasteiger partial charge in [-0.15, -0.1) is 0 Å². The molecule has 0 radical (unpaired) electrons. The largest absolute Gasteiger partial charge is 0.388 e. The van der Waals surface area contributed by atoms with Crippen molar-refractivity contribution in [3.05, 3.63) is 35.9 Å². The van der Waals surface area contributed by atoms with Gasteiger partial charge in [-0.25, -0.2) is 0 Å². The maximum Gasteiger partial charge on any atom is 0.0812 e. The Morgan fingerprint density at radius 2 is 2.13 bits per heavy atom. The quantitative estimate of drug-likeness (QED) is 0.787. The Labute approximate surface area is 91.3 Å². The first-order valence-electron chi connectivity index (χ1n) is 5.68. The van der Waals surface area contributed by atoms with E-state index in [1.165, 1.54) is 12.0 Å². The molecule has 2 rings (SSSR count). The van der Waals surface area contributed by atoms with E-state index in [-0.39, 0.29) is 6.04 Å². The monoisotopic (exact) mass is 205 g/mol. The van der Waals surface area contributed by atoms with E-state index in [0.717, 1.165) is 19.4 Å². The Hall–Kier alpha value is -0.860. The normalized spacial score (nSPS) is 25.1. The zero-order valence-electron chi connectivity index (χ0n) is 9.24. The Bertz CT molecular complexity index is 302. The van der Waals surface area contributed by atoms with Crippen LogP contribution in [0.5, 0.6) is 0 Å². The summed E-state index contributed by atoms with van der Waals surface area (Å²) in [5, 5.41) is 13.8. The fourth-order valence-electron chi connectivity index (χ4n) is 2.35. The first-order chi connectivity index (χ1) is 7.18. The van der Waals surface area contributed by atoms with Gasteiger partial charge in [0.25, 0.3) is 0 Å². The average Bonchev–Trinajstić information content (AvgIpc) is 2.71. The molecule has 1 saturated heterocycles. The lowest BCUT2D eigenvalue weighted by molar-refractivity contribution is 0.0262. The van der Waals surface area contributed by atoms with Gasteiger partial charge in [-0.1, -0.05) is 30.3 Å². The van der Waals surface area contributed by atoms with Crippen molar-refractivity contribution in [2.24, 2.45) is 0 Å². The van der Waals surface area contributed by atoms with Crippen molar-refractivity contribution in [3.8, 4) is 0 Å². The molecule has 1 aliphatic heterocycles. The summed E-state index contributed by atoms with van der Waals surface area (Å²) in [5.41, 5.74) is 0.578. The van der Waals surface area contributed by atoms with E-state index >= 15 is 0 Å². The fraction of sp³-hybridized carbons (Fsp3) is 0.538. The SMILES string of the molecule is CC(O)(Cc1ccccc1)C1CCCN1. The standard InChI is InChI=1S/C13H19NO/c1-13(15,12-8-5-9-14-12)10-11-6-3-2-4-7-11/h2-4,6-7,12,14-15H,5,8-10H2,1H3. The molecule has 2 atom stereocenters. The Morgan fingerprint density at radius 3 is 2.73 bits per heavy atom. The van der Waals surface area contributed by atoms with Gasteiger partial charge < -0.3 is 10.4 Å². The van der Waals surface area contributed by atoms with Gasteiger partial charge in [-0.3, -0.25) is 0 Å². The average molecular weight is 205 g/mol. The van der Waals surface area contributed by atoms with Gasteiger partial charge in [0.1, 0.15) is 0 Å². The fourth-order valence-corrected chi connectivity index (χ4v) is 2.35. The van der Waals surface area contributed by atoms with E-state index in [1.807, 2.05) is 25.1 Å². The molecule has 1 aliphatic rings. The third-order valence-electron chi connectivity index (χ3n) is 3.22. The first kappa shape index (κ1) is 10.7. The molecule has 2 N–H and O–H groups in total. The van der Waals surface area contributed by atoms with Crippen LogP contribution in [0.3, 0.4) is 0 Å². The van der Waals surface area contributed by atoms with Crippen LogP contribution in [0.4, 0.5) is 0 Å². The second-order valence-electron chi connectivity index (χ2n) is 4.67. The zero-order valence-corrected chi connectivity index (χ0v) is 9.24. The number of nitrogens with one attached hydrogen (secondary N) is 1. The van der Waals surface area contributed by atoms with E-state index in [2.05, 4.69) is 17.4 Å². The van der Waals surface area contributed by atoms with E-state index in [9.17, 15) is 5.11 Å². The molecule has 0 amide bonds. The molecular weight excluding hydrogens is 186 g/mol. The van der Waals surface area contributed by atoms with Crippen molar-refractivity contribution in [3.63, 3.8) is 0 Å². The van der Waals surface area contributed by atoms with E-state index in [1.54, 1.807) is 0 Å². The molecule has 2 unspecified atom stereocenters. The number of hydrogen-bond acceptors (Lipinski definition) is 2. The lowest BCUT2D eigenvalue weighted by Crippen LogP contribution is -2.46. The summed E-state index contributed by atoms with van der Waals surface area (Å²) >= 11 is 0. The summed E-state index contributed by atoms with van der Waals surface area (Å²) < 4.78 is 0. The summed E-state index contributed by atoms with van der Waals surface area (Å²) in [6, 6.07) is 10.4. The van der Waals surface area contributed by atoms with Crippen LogP contribution in [-0.2, 0) is 6.42 Å². The lowest BCUT2D eigenvalue weighted by Gasteiger charge is -2.30. The molecule has 82 valence electrons. The molecule has 1 fully saturated rings. The molecule has 0 saturated carbocycles. The van der Waals surface area contributed by atoms with Gasteiger partial charge in [0, 0.05) is 12.5 Å². The minimum Gasteiger partial charge on any atom is -0.388 e. The highest BCUT2D eigenvalue weighted by molar-refractivity contribution is 5.17. The third kappa shape index (κ3) is 2.58. The van der Waals surface area contributed by atoms with Gasteiger partial charge >= 0.3 is 0 Å². The molecule has 1 aromatic carbocycles. The van der Waals surface area contributed by atoms with Crippen molar-refractivity contribution >= 4 is 0 Å². The van der Waals surface area contributed by atoms with Gasteiger partial charge in [0.05, 0.1) is 5.60 Å². The van der Waals surface area contributed by atoms with Crippen molar-refractivity contribution in [2.75, 3.05) is 6.54 Å². The van der Waals surface area contributed by atoms with Crippen LogP contribution in [0.1, 0.15) is 25.3 Å². The lowest BCUT2D eigenvalue weighted by atomic mass is 9.88. The molecule has 2 nitrogen and oxygen atoms in total. The van der Waals surface area contributed by atoms with Crippen molar-refractivity contribution < 1.29 is 5.11 Å². The summed E-state index contributed by atoms with van der Waals surface area (Å²) in [4.78, 5) is 0. The Morgan fingerprint density at radius 1 is 1.40 bits per heavy atom. The van der Waals surface area contributed by atoms with E-state index in [0.29, 0.717) is 0 Å². The second kappa shape index (κ2) is 4.33. The number of hydrogen-bond donors (Lipinski definition) is 2. The van der Waals surface area contributed by atoms with Crippen molar-refractivity contribution in [1.82, 2.24) is 5.32 Å². The van der Waals surface area contributed by atoms with Gasteiger partial charge in [-0.05, 0) is 31.9 Å². The maximum absolute atomic E-state index is 10.4. The number of aliphatic hydroxyl groups is 1. The molecule has 2 heteroatoms. The molecule has 1 aromatic rings. The second-order valence-corrected chi connectivity index (χ2v) is 4.67. The summed E-state index contributed by atoms with van der Waals surface area (Å²) in [7, 11) is 0. The van der Waals surface area contributed by atoms with Gasteiger partial charge in [-0.2, -0.15) is 0 Å².